The van der Waals surface area contributed by atoms with E-state index in [4.69, 9.17) is 9.47 Å². The van der Waals surface area contributed by atoms with Gasteiger partial charge in [-0.15, -0.1) is 0 Å². The van der Waals surface area contributed by atoms with Crippen molar-refractivity contribution in [2.24, 2.45) is 0 Å². The van der Waals surface area contributed by atoms with E-state index in [1.54, 1.807) is 38.1 Å². The number of rotatable bonds is 7. The standard InChI is InChI=1S/C20H18O8/c1-11-5-3-7-13(9-11)19(25)27-15(17(21)22)16(18(23)24)28-20(26)14-8-4-6-12(2)10-14/h3-10,15-16H,1-2H3,(H,21,22)(H,23,24)/t15-,16-/m0/s1. The molecule has 2 N–H and O–H groups in total. The van der Waals surface area contributed by atoms with Gasteiger partial charge >= 0.3 is 23.9 Å². The molecular weight excluding hydrogens is 368 g/mol. The molecule has 0 unspecified atom stereocenters. The van der Waals surface area contributed by atoms with Crippen LogP contribution in [0.4, 0.5) is 0 Å². The number of ether oxygens (including phenoxy) is 2. The van der Waals surface area contributed by atoms with Gasteiger partial charge in [-0.1, -0.05) is 35.4 Å². The highest BCUT2D eigenvalue weighted by Crippen LogP contribution is 2.14. The Bertz CT molecular complexity index is 842. The lowest BCUT2D eigenvalue weighted by Gasteiger charge is -2.21. The van der Waals surface area contributed by atoms with Crippen molar-refractivity contribution >= 4 is 23.9 Å². The summed E-state index contributed by atoms with van der Waals surface area (Å²) in [4.78, 5) is 47.5. The number of esters is 2. The summed E-state index contributed by atoms with van der Waals surface area (Å²) in [6.45, 7) is 3.43. The lowest BCUT2D eigenvalue weighted by atomic mass is 10.1. The Morgan fingerprint density at radius 1 is 0.714 bits per heavy atom. The fourth-order valence-electron chi connectivity index (χ4n) is 2.39. The molecule has 0 spiro atoms. The van der Waals surface area contributed by atoms with Gasteiger partial charge in [0.05, 0.1) is 11.1 Å². The molecule has 0 heterocycles. The predicted molar refractivity (Wildman–Crippen MR) is 96.0 cm³/mol. The zero-order chi connectivity index (χ0) is 20.8. The summed E-state index contributed by atoms with van der Waals surface area (Å²) >= 11 is 0. The van der Waals surface area contributed by atoms with Crippen LogP contribution in [0, 0.1) is 13.8 Å². The summed E-state index contributed by atoms with van der Waals surface area (Å²) < 4.78 is 9.68. The van der Waals surface area contributed by atoms with Crippen LogP contribution < -0.4 is 0 Å². The lowest BCUT2D eigenvalue weighted by Crippen LogP contribution is -2.45. The van der Waals surface area contributed by atoms with E-state index < -0.39 is 36.1 Å². The predicted octanol–water partition coefficient (Wildman–Crippen LogP) is 2.22. The van der Waals surface area contributed by atoms with Crippen molar-refractivity contribution in [1.29, 1.82) is 0 Å². The topological polar surface area (TPSA) is 127 Å². The zero-order valence-electron chi connectivity index (χ0n) is 15.1. The molecule has 8 heteroatoms. The molecule has 0 saturated carbocycles. The Balaban J connectivity index is 2.24. The van der Waals surface area contributed by atoms with Crippen LogP contribution in [0.2, 0.25) is 0 Å². The van der Waals surface area contributed by atoms with Crippen molar-refractivity contribution in [3.63, 3.8) is 0 Å². The Hall–Kier alpha value is -3.68. The number of benzene rings is 2. The van der Waals surface area contributed by atoms with Gasteiger partial charge in [-0.2, -0.15) is 0 Å². The highest BCUT2D eigenvalue weighted by atomic mass is 16.6. The smallest absolute Gasteiger partial charge is 0.349 e. The molecule has 0 aliphatic rings. The quantitative estimate of drug-likeness (QED) is 0.694. The molecular formula is C20H18O8. The molecule has 2 atom stereocenters. The van der Waals surface area contributed by atoms with Crippen molar-refractivity contribution in [3.05, 3.63) is 70.8 Å². The van der Waals surface area contributed by atoms with Gasteiger partial charge in [-0.05, 0) is 38.1 Å². The van der Waals surface area contributed by atoms with E-state index in [-0.39, 0.29) is 11.1 Å². The van der Waals surface area contributed by atoms with E-state index >= 15 is 0 Å². The van der Waals surface area contributed by atoms with Crippen molar-refractivity contribution < 1.29 is 38.9 Å². The molecule has 0 aromatic heterocycles. The average Bonchev–Trinajstić information content (AvgIpc) is 2.63. The molecule has 0 bridgehead atoms. The minimum Gasteiger partial charge on any atom is -0.478 e. The molecule has 28 heavy (non-hydrogen) atoms. The Kier molecular flexibility index (Phi) is 6.49. The van der Waals surface area contributed by atoms with Crippen molar-refractivity contribution in [2.45, 2.75) is 26.1 Å². The van der Waals surface area contributed by atoms with Gasteiger partial charge in [0, 0.05) is 0 Å². The molecule has 0 aliphatic carbocycles. The van der Waals surface area contributed by atoms with Gasteiger partial charge in [-0.25, -0.2) is 19.2 Å². The lowest BCUT2D eigenvalue weighted by molar-refractivity contribution is -0.166. The number of hydrogen-bond acceptors (Lipinski definition) is 6. The highest BCUT2D eigenvalue weighted by molar-refractivity contribution is 5.95. The van der Waals surface area contributed by atoms with Gasteiger partial charge in [0.2, 0.25) is 12.2 Å². The van der Waals surface area contributed by atoms with Crippen LogP contribution >= 0.6 is 0 Å². The van der Waals surface area contributed by atoms with Gasteiger partial charge in [0.25, 0.3) is 0 Å². The molecule has 0 saturated heterocycles. The van der Waals surface area contributed by atoms with Gasteiger partial charge < -0.3 is 19.7 Å². The van der Waals surface area contributed by atoms with E-state index in [0.717, 1.165) is 11.1 Å². The SMILES string of the molecule is Cc1cccc(C(=O)O[C@H](C(=O)O)[C@H](OC(=O)c2cccc(C)c2)C(=O)O)c1. The first kappa shape index (κ1) is 20.6. The number of aliphatic carboxylic acids is 2. The molecule has 0 radical (unpaired) electrons. The van der Waals surface area contributed by atoms with E-state index in [0.29, 0.717) is 0 Å². The first-order valence-corrected chi connectivity index (χ1v) is 8.20. The van der Waals surface area contributed by atoms with Crippen LogP contribution in [0.1, 0.15) is 31.8 Å². The normalized spacial score (nSPS) is 12.5. The fraction of sp³-hybridized carbons (Fsp3) is 0.200. The van der Waals surface area contributed by atoms with Crippen LogP contribution in [0.15, 0.2) is 48.5 Å². The molecule has 2 aromatic rings. The van der Waals surface area contributed by atoms with Crippen LogP contribution in [-0.4, -0.2) is 46.3 Å². The molecule has 146 valence electrons. The van der Waals surface area contributed by atoms with Crippen LogP contribution in [-0.2, 0) is 19.1 Å². The summed E-state index contributed by atoms with van der Waals surface area (Å²) in [6.07, 6.45) is -4.45. The molecule has 8 nitrogen and oxygen atoms in total. The maximum Gasteiger partial charge on any atom is 0.349 e. The molecule has 2 rings (SSSR count). The second-order valence-electron chi connectivity index (χ2n) is 6.07. The third kappa shape index (κ3) is 5.16. The number of aryl methyl sites for hydroxylation is 2. The number of carboxylic acid groups (broad SMARTS) is 2. The van der Waals surface area contributed by atoms with Gasteiger partial charge in [0.1, 0.15) is 0 Å². The second-order valence-corrected chi connectivity index (χ2v) is 6.07. The maximum absolute atomic E-state index is 12.2. The van der Waals surface area contributed by atoms with E-state index in [1.165, 1.54) is 24.3 Å². The van der Waals surface area contributed by atoms with E-state index in [9.17, 15) is 29.4 Å². The van der Waals surface area contributed by atoms with Crippen LogP contribution in [0.5, 0.6) is 0 Å². The average molecular weight is 386 g/mol. The number of hydrogen-bond donors (Lipinski definition) is 2. The largest absolute Gasteiger partial charge is 0.478 e. The number of carboxylic acids is 2. The third-order valence-electron chi connectivity index (χ3n) is 3.74. The Morgan fingerprint density at radius 3 is 1.36 bits per heavy atom. The van der Waals surface area contributed by atoms with E-state index in [2.05, 4.69) is 0 Å². The molecule has 2 aromatic carbocycles. The highest BCUT2D eigenvalue weighted by Gasteiger charge is 2.41. The molecule has 0 fully saturated rings. The maximum atomic E-state index is 12.2. The Morgan fingerprint density at radius 2 is 1.07 bits per heavy atom. The summed E-state index contributed by atoms with van der Waals surface area (Å²) in [5.41, 5.74) is 1.53. The van der Waals surface area contributed by atoms with Crippen molar-refractivity contribution in [1.82, 2.24) is 0 Å². The zero-order valence-corrected chi connectivity index (χ0v) is 15.1. The fourth-order valence-corrected chi connectivity index (χ4v) is 2.39. The monoisotopic (exact) mass is 386 g/mol. The second kappa shape index (κ2) is 8.81. The van der Waals surface area contributed by atoms with Crippen LogP contribution in [0.3, 0.4) is 0 Å². The molecule has 0 aliphatic heterocycles. The van der Waals surface area contributed by atoms with Gasteiger partial charge in [-0.3, -0.25) is 0 Å². The third-order valence-corrected chi connectivity index (χ3v) is 3.74. The van der Waals surface area contributed by atoms with E-state index in [1.807, 2.05) is 0 Å². The summed E-state index contributed by atoms with van der Waals surface area (Å²) in [7, 11) is 0. The number of carbonyl (C=O) groups excluding carboxylic acids is 2. The summed E-state index contributed by atoms with van der Waals surface area (Å²) in [6, 6.07) is 12.3. The molecule has 0 amide bonds. The minimum absolute atomic E-state index is 0.0420. The first-order chi connectivity index (χ1) is 13.2. The summed E-state index contributed by atoms with van der Waals surface area (Å²) in [5, 5.41) is 18.7. The number of carbonyl (C=O) groups is 4. The first-order valence-electron chi connectivity index (χ1n) is 8.20. The van der Waals surface area contributed by atoms with Crippen LogP contribution in [0.25, 0.3) is 0 Å². The van der Waals surface area contributed by atoms with Crippen molar-refractivity contribution in [2.75, 3.05) is 0 Å². The minimum atomic E-state index is -2.22. The Labute approximate surface area is 160 Å². The van der Waals surface area contributed by atoms with Gasteiger partial charge in [0.15, 0.2) is 0 Å². The summed E-state index contributed by atoms with van der Waals surface area (Å²) in [5.74, 6) is -5.61. The van der Waals surface area contributed by atoms with Crippen molar-refractivity contribution in [3.8, 4) is 0 Å².